The van der Waals surface area contributed by atoms with Crippen molar-refractivity contribution in [2.75, 3.05) is 13.1 Å². The lowest BCUT2D eigenvalue weighted by atomic mass is 10.0. The summed E-state index contributed by atoms with van der Waals surface area (Å²) in [5.74, 6) is -0.258. The van der Waals surface area contributed by atoms with Crippen molar-refractivity contribution in [3.8, 4) is 11.1 Å². The average Bonchev–Trinajstić information content (AvgIpc) is 3.02. The van der Waals surface area contributed by atoms with Crippen LogP contribution in [0.25, 0.3) is 22.2 Å². The number of aromatic nitrogens is 4. The van der Waals surface area contributed by atoms with Gasteiger partial charge in [-0.25, -0.2) is 9.97 Å². The molecule has 2 atom stereocenters. The van der Waals surface area contributed by atoms with Crippen molar-refractivity contribution in [2.24, 2.45) is 0 Å². The highest BCUT2D eigenvalue weighted by Gasteiger charge is 2.33. The van der Waals surface area contributed by atoms with Crippen molar-refractivity contribution in [1.29, 1.82) is 0 Å². The number of likely N-dealkylation sites (tertiary alicyclic amines) is 1. The van der Waals surface area contributed by atoms with E-state index < -0.39 is 6.10 Å². The second-order valence-corrected chi connectivity index (χ2v) is 6.34. The number of β-amino-alcohol motifs (C(OH)–C–C–N with tert-alkyl or cyclic N) is 1. The van der Waals surface area contributed by atoms with Crippen LogP contribution in [0.5, 0.6) is 0 Å². The van der Waals surface area contributed by atoms with Gasteiger partial charge in [0.1, 0.15) is 10.7 Å². The van der Waals surface area contributed by atoms with E-state index in [1.54, 1.807) is 30.9 Å². The second kappa shape index (κ2) is 6.34. The Bertz CT molecular complexity index is 934. The van der Waals surface area contributed by atoms with Gasteiger partial charge >= 0.3 is 0 Å². The fourth-order valence-corrected chi connectivity index (χ4v) is 3.18. The van der Waals surface area contributed by atoms with E-state index >= 15 is 0 Å². The van der Waals surface area contributed by atoms with Crippen molar-refractivity contribution in [2.45, 2.75) is 12.0 Å². The van der Waals surface area contributed by atoms with Gasteiger partial charge in [0.25, 0.3) is 0 Å². The summed E-state index contributed by atoms with van der Waals surface area (Å²) < 4.78 is 0. The van der Waals surface area contributed by atoms with Crippen molar-refractivity contribution in [3.05, 3.63) is 47.8 Å². The van der Waals surface area contributed by atoms with E-state index in [4.69, 9.17) is 16.6 Å². The molecule has 1 aliphatic heterocycles. The topological polar surface area (TPSA) is 92.1 Å². The third-order valence-electron chi connectivity index (χ3n) is 4.36. The van der Waals surface area contributed by atoms with Crippen LogP contribution in [0.3, 0.4) is 0 Å². The van der Waals surface area contributed by atoms with Gasteiger partial charge in [0.2, 0.25) is 6.41 Å². The van der Waals surface area contributed by atoms with Gasteiger partial charge in [-0.1, -0.05) is 11.6 Å². The summed E-state index contributed by atoms with van der Waals surface area (Å²) in [6.45, 7) is 0.728. The van der Waals surface area contributed by atoms with E-state index in [2.05, 4.69) is 15.0 Å². The van der Waals surface area contributed by atoms with Gasteiger partial charge in [-0.3, -0.25) is 14.8 Å². The SMILES string of the molecule is O=CN1CC(O)C(c2cnc3cncc(-c4ccc(Cl)nc4)c3n2)C1. The molecule has 25 heavy (non-hydrogen) atoms. The number of aliphatic hydroxyl groups is 1. The number of carbonyl (C=O) groups is 1. The lowest BCUT2D eigenvalue weighted by Gasteiger charge is -2.13. The number of halogens is 1. The van der Waals surface area contributed by atoms with E-state index in [0.29, 0.717) is 35.0 Å². The quantitative estimate of drug-likeness (QED) is 0.567. The highest BCUT2D eigenvalue weighted by molar-refractivity contribution is 6.29. The van der Waals surface area contributed by atoms with E-state index in [1.165, 1.54) is 4.90 Å². The molecule has 4 heterocycles. The Kier molecular flexibility index (Phi) is 4.03. The molecule has 1 N–H and O–H groups in total. The normalized spacial score (nSPS) is 20.2. The fraction of sp³-hybridized carbons (Fsp3) is 0.235. The Morgan fingerprint density at radius 2 is 2.04 bits per heavy atom. The van der Waals surface area contributed by atoms with Gasteiger partial charge in [-0.2, -0.15) is 0 Å². The minimum atomic E-state index is -0.653. The molecule has 0 aliphatic carbocycles. The lowest BCUT2D eigenvalue weighted by Crippen LogP contribution is -2.19. The van der Waals surface area contributed by atoms with Crippen molar-refractivity contribution in [3.63, 3.8) is 0 Å². The van der Waals surface area contributed by atoms with Crippen LogP contribution >= 0.6 is 11.6 Å². The van der Waals surface area contributed by atoms with E-state index in [-0.39, 0.29) is 5.92 Å². The number of hydrogen-bond donors (Lipinski definition) is 1. The number of rotatable bonds is 3. The molecule has 0 aromatic carbocycles. The van der Waals surface area contributed by atoms with E-state index in [9.17, 15) is 9.90 Å². The number of carbonyl (C=O) groups excluding carboxylic acids is 1. The van der Waals surface area contributed by atoms with Gasteiger partial charge < -0.3 is 10.0 Å². The van der Waals surface area contributed by atoms with E-state index in [1.807, 2.05) is 6.07 Å². The van der Waals surface area contributed by atoms with Crippen LogP contribution in [-0.4, -0.2) is 55.5 Å². The molecule has 3 aromatic heterocycles. The smallest absolute Gasteiger partial charge is 0.209 e. The fourth-order valence-electron chi connectivity index (χ4n) is 3.07. The van der Waals surface area contributed by atoms with Crippen molar-refractivity contribution >= 4 is 29.0 Å². The molecule has 126 valence electrons. The van der Waals surface area contributed by atoms with Crippen molar-refractivity contribution in [1.82, 2.24) is 24.8 Å². The van der Waals surface area contributed by atoms with Crippen LogP contribution in [0.4, 0.5) is 0 Å². The molecule has 4 rings (SSSR count). The van der Waals surface area contributed by atoms with Gasteiger partial charge in [-0.05, 0) is 12.1 Å². The van der Waals surface area contributed by atoms with Gasteiger partial charge in [0.05, 0.1) is 23.5 Å². The minimum absolute atomic E-state index is 0.258. The summed E-state index contributed by atoms with van der Waals surface area (Å²) in [4.78, 5) is 29.9. The number of fused-ring (bicyclic) bond motifs is 1. The molecule has 0 radical (unpaired) electrons. The summed E-state index contributed by atoms with van der Waals surface area (Å²) in [7, 11) is 0. The summed E-state index contributed by atoms with van der Waals surface area (Å²) in [5, 5.41) is 10.6. The monoisotopic (exact) mass is 355 g/mol. The number of pyridine rings is 2. The maximum Gasteiger partial charge on any atom is 0.209 e. The highest BCUT2D eigenvalue weighted by atomic mass is 35.5. The molecule has 1 saturated heterocycles. The molecule has 3 aromatic rings. The first kappa shape index (κ1) is 15.9. The molecule has 1 fully saturated rings. The van der Waals surface area contributed by atoms with Gasteiger partial charge in [0.15, 0.2) is 0 Å². The summed E-state index contributed by atoms with van der Waals surface area (Å²) >= 11 is 5.86. The zero-order chi connectivity index (χ0) is 17.4. The predicted molar refractivity (Wildman–Crippen MR) is 92.0 cm³/mol. The number of aliphatic hydroxyl groups excluding tert-OH is 1. The molecule has 2 unspecified atom stereocenters. The third kappa shape index (κ3) is 2.92. The first-order valence-corrected chi connectivity index (χ1v) is 8.13. The predicted octanol–water partition coefficient (Wildman–Crippen LogP) is 1.66. The number of hydrogen-bond acceptors (Lipinski definition) is 6. The van der Waals surface area contributed by atoms with Crippen LogP contribution < -0.4 is 0 Å². The molecule has 1 aliphatic rings. The Balaban J connectivity index is 1.81. The molecular formula is C17H14ClN5O2. The zero-order valence-corrected chi connectivity index (χ0v) is 13.8. The summed E-state index contributed by atoms with van der Waals surface area (Å²) in [5.41, 5.74) is 3.59. The number of amides is 1. The Labute approximate surface area is 148 Å². The van der Waals surface area contributed by atoms with Gasteiger partial charge in [-0.15, -0.1) is 0 Å². The maximum atomic E-state index is 11.0. The summed E-state index contributed by atoms with van der Waals surface area (Å²) in [6.07, 6.45) is 6.73. The minimum Gasteiger partial charge on any atom is -0.391 e. The molecule has 0 saturated carbocycles. The Morgan fingerprint density at radius 3 is 2.76 bits per heavy atom. The maximum absolute atomic E-state index is 11.0. The molecule has 8 heteroatoms. The van der Waals surface area contributed by atoms with Crippen LogP contribution in [0.1, 0.15) is 11.6 Å². The highest BCUT2D eigenvalue weighted by Crippen LogP contribution is 2.29. The Hall–Kier alpha value is -2.64. The second-order valence-electron chi connectivity index (χ2n) is 5.95. The van der Waals surface area contributed by atoms with Crippen LogP contribution in [0, 0.1) is 0 Å². The van der Waals surface area contributed by atoms with Gasteiger partial charge in [0, 0.05) is 48.7 Å². The molecule has 7 nitrogen and oxygen atoms in total. The summed E-state index contributed by atoms with van der Waals surface area (Å²) in [6, 6.07) is 3.55. The zero-order valence-electron chi connectivity index (χ0n) is 13.1. The molecule has 1 amide bonds. The van der Waals surface area contributed by atoms with E-state index in [0.717, 1.165) is 17.5 Å². The largest absolute Gasteiger partial charge is 0.391 e. The first-order valence-electron chi connectivity index (χ1n) is 7.75. The average molecular weight is 356 g/mol. The third-order valence-corrected chi connectivity index (χ3v) is 4.58. The van der Waals surface area contributed by atoms with Crippen molar-refractivity contribution < 1.29 is 9.90 Å². The van der Waals surface area contributed by atoms with Crippen LogP contribution in [-0.2, 0) is 4.79 Å². The Morgan fingerprint density at radius 1 is 1.16 bits per heavy atom. The standard InChI is InChI=1S/C17H14ClN5O2/c18-16-2-1-10(3-21-16)11-4-19-5-14-17(11)22-13(6-20-14)12-7-23(9-24)8-15(12)25/h1-6,9,12,15,25H,7-8H2. The first-order chi connectivity index (χ1) is 12.2. The molecule has 0 bridgehead atoms. The number of nitrogens with zero attached hydrogens (tertiary/aromatic N) is 5. The molecule has 0 spiro atoms. The lowest BCUT2D eigenvalue weighted by molar-refractivity contribution is -0.117. The molecular weight excluding hydrogens is 342 g/mol. The van der Waals surface area contributed by atoms with Crippen LogP contribution in [0.15, 0.2) is 36.9 Å². The van der Waals surface area contributed by atoms with Crippen LogP contribution in [0.2, 0.25) is 5.15 Å².